The third-order valence-electron chi connectivity index (χ3n) is 4.31. The van der Waals surface area contributed by atoms with Crippen molar-refractivity contribution in [3.63, 3.8) is 0 Å². The minimum absolute atomic E-state index is 0.174. The monoisotopic (exact) mass is 375 g/mol. The normalized spacial score (nSPS) is 12.8. The average Bonchev–Trinajstić information content (AvgIpc) is 2.63. The number of aryl methyl sites for hydroxylation is 1. The molecule has 7 heteroatoms. The Hall–Kier alpha value is -2.25. The summed E-state index contributed by atoms with van der Waals surface area (Å²) < 4.78 is 26.3. The van der Waals surface area contributed by atoms with Crippen LogP contribution in [0.25, 0.3) is 0 Å². The second-order valence-corrected chi connectivity index (χ2v) is 8.45. The molecule has 0 bridgehead atoms. The van der Waals surface area contributed by atoms with Gasteiger partial charge in [0.25, 0.3) is 0 Å². The van der Waals surface area contributed by atoms with Crippen molar-refractivity contribution in [2.24, 2.45) is 0 Å². The molecule has 1 atom stereocenters. The Kier molecular flexibility index (Phi) is 6.50. The zero-order valence-electron chi connectivity index (χ0n) is 15.6. The molecule has 1 heterocycles. The molecule has 1 unspecified atom stereocenters. The fraction of sp³-hybridized carbons (Fsp3) is 0.368. The Bertz CT molecular complexity index is 847. The standard InChI is InChI=1S/C19H25N3O3S/c1-5-15(3)16-7-9-17(10-8-16)26(24,25)22(4)13-19(23)21-18-11-6-14(2)12-20-18/h6-12,15H,5,13H2,1-4H3,(H,20,21,23). The molecule has 0 aliphatic carbocycles. The lowest BCUT2D eigenvalue weighted by Crippen LogP contribution is -2.35. The van der Waals surface area contributed by atoms with Gasteiger partial charge in [-0.15, -0.1) is 0 Å². The van der Waals surface area contributed by atoms with E-state index in [1.165, 1.54) is 7.05 Å². The number of hydrogen-bond acceptors (Lipinski definition) is 4. The van der Waals surface area contributed by atoms with Gasteiger partial charge in [0.15, 0.2) is 0 Å². The quantitative estimate of drug-likeness (QED) is 0.806. The van der Waals surface area contributed by atoms with Crippen molar-refractivity contribution >= 4 is 21.7 Å². The summed E-state index contributed by atoms with van der Waals surface area (Å²) in [5.74, 6) is 0.324. The minimum Gasteiger partial charge on any atom is -0.310 e. The van der Waals surface area contributed by atoms with Crippen LogP contribution in [0.3, 0.4) is 0 Å². The maximum Gasteiger partial charge on any atom is 0.243 e. The molecule has 0 saturated carbocycles. The average molecular weight is 375 g/mol. The lowest BCUT2D eigenvalue weighted by Gasteiger charge is -2.17. The predicted molar refractivity (Wildman–Crippen MR) is 103 cm³/mol. The number of carbonyl (C=O) groups excluding carboxylic acids is 1. The molecular weight excluding hydrogens is 350 g/mol. The summed E-state index contributed by atoms with van der Waals surface area (Å²) in [4.78, 5) is 16.4. The van der Waals surface area contributed by atoms with Gasteiger partial charge < -0.3 is 5.32 Å². The maximum absolute atomic E-state index is 12.6. The van der Waals surface area contributed by atoms with E-state index in [4.69, 9.17) is 0 Å². The van der Waals surface area contributed by atoms with Gasteiger partial charge in [-0.3, -0.25) is 4.79 Å². The SMILES string of the molecule is CCC(C)c1ccc(S(=O)(=O)N(C)CC(=O)Nc2ccc(C)cn2)cc1. The molecule has 1 aromatic heterocycles. The van der Waals surface area contributed by atoms with Gasteiger partial charge in [-0.1, -0.05) is 32.0 Å². The number of rotatable bonds is 7. The summed E-state index contributed by atoms with van der Waals surface area (Å²) in [5, 5.41) is 2.60. The second kappa shape index (κ2) is 8.42. The van der Waals surface area contributed by atoms with Crippen molar-refractivity contribution in [1.29, 1.82) is 0 Å². The lowest BCUT2D eigenvalue weighted by atomic mass is 9.99. The molecule has 0 aliphatic heterocycles. The molecule has 1 N–H and O–H groups in total. The van der Waals surface area contributed by atoms with Crippen LogP contribution >= 0.6 is 0 Å². The predicted octanol–water partition coefficient (Wildman–Crippen LogP) is 3.16. The first kappa shape index (κ1) is 20.1. The molecule has 26 heavy (non-hydrogen) atoms. The van der Waals surface area contributed by atoms with Gasteiger partial charge >= 0.3 is 0 Å². The summed E-state index contributed by atoms with van der Waals surface area (Å²) in [6.07, 6.45) is 2.62. The van der Waals surface area contributed by atoms with E-state index < -0.39 is 15.9 Å². The molecule has 1 amide bonds. The van der Waals surface area contributed by atoms with Crippen LogP contribution < -0.4 is 5.32 Å². The molecular formula is C19H25N3O3S. The molecule has 140 valence electrons. The van der Waals surface area contributed by atoms with Crippen LogP contribution in [0.4, 0.5) is 5.82 Å². The molecule has 0 fully saturated rings. The van der Waals surface area contributed by atoms with Crippen LogP contribution in [0.5, 0.6) is 0 Å². The van der Waals surface area contributed by atoms with E-state index in [1.807, 2.05) is 25.1 Å². The van der Waals surface area contributed by atoms with Crippen molar-refractivity contribution in [3.05, 3.63) is 53.7 Å². The number of nitrogens with zero attached hydrogens (tertiary/aromatic N) is 2. The Morgan fingerprint density at radius 1 is 1.19 bits per heavy atom. The second-order valence-electron chi connectivity index (χ2n) is 6.41. The third-order valence-corrected chi connectivity index (χ3v) is 6.13. The zero-order chi connectivity index (χ0) is 19.3. The maximum atomic E-state index is 12.6. The number of sulfonamides is 1. The summed E-state index contributed by atoms with van der Waals surface area (Å²) in [5.41, 5.74) is 2.07. The summed E-state index contributed by atoms with van der Waals surface area (Å²) in [6, 6.07) is 10.3. The van der Waals surface area contributed by atoms with Crippen molar-refractivity contribution in [3.8, 4) is 0 Å². The highest BCUT2D eigenvalue weighted by molar-refractivity contribution is 7.89. The van der Waals surface area contributed by atoms with Crippen LogP contribution in [0, 0.1) is 6.92 Å². The smallest absolute Gasteiger partial charge is 0.243 e. The molecule has 0 aliphatic rings. The molecule has 0 spiro atoms. The highest BCUT2D eigenvalue weighted by Crippen LogP contribution is 2.21. The Morgan fingerprint density at radius 3 is 2.38 bits per heavy atom. The number of nitrogens with one attached hydrogen (secondary N) is 1. The fourth-order valence-electron chi connectivity index (χ4n) is 2.40. The van der Waals surface area contributed by atoms with Crippen LogP contribution in [0.2, 0.25) is 0 Å². The van der Waals surface area contributed by atoms with Gasteiger partial charge in [0, 0.05) is 13.2 Å². The van der Waals surface area contributed by atoms with E-state index in [2.05, 4.69) is 24.1 Å². The largest absolute Gasteiger partial charge is 0.310 e. The van der Waals surface area contributed by atoms with Gasteiger partial charge in [-0.2, -0.15) is 4.31 Å². The zero-order valence-corrected chi connectivity index (χ0v) is 16.4. The first-order valence-corrected chi connectivity index (χ1v) is 9.97. The summed E-state index contributed by atoms with van der Waals surface area (Å²) in [7, 11) is -2.34. The van der Waals surface area contributed by atoms with E-state index >= 15 is 0 Å². The number of aromatic nitrogens is 1. The molecule has 2 rings (SSSR count). The highest BCUT2D eigenvalue weighted by Gasteiger charge is 2.23. The number of carbonyl (C=O) groups is 1. The van der Waals surface area contributed by atoms with Crippen LogP contribution in [0.15, 0.2) is 47.5 Å². The Labute approximate surface area is 155 Å². The van der Waals surface area contributed by atoms with Gasteiger partial charge in [0.2, 0.25) is 15.9 Å². The van der Waals surface area contributed by atoms with Gasteiger partial charge in [-0.05, 0) is 48.6 Å². The van der Waals surface area contributed by atoms with Crippen LogP contribution in [0.1, 0.15) is 37.3 Å². The first-order chi connectivity index (χ1) is 12.2. The Morgan fingerprint density at radius 2 is 1.85 bits per heavy atom. The minimum atomic E-state index is -3.73. The van der Waals surface area contributed by atoms with Crippen molar-refractivity contribution < 1.29 is 13.2 Å². The van der Waals surface area contributed by atoms with Crippen LogP contribution in [-0.4, -0.2) is 37.2 Å². The number of anilines is 1. The number of hydrogen-bond donors (Lipinski definition) is 1. The van der Waals surface area contributed by atoms with Gasteiger partial charge in [0.05, 0.1) is 11.4 Å². The van der Waals surface area contributed by atoms with E-state index in [0.29, 0.717) is 11.7 Å². The molecule has 0 radical (unpaired) electrons. The topological polar surface area (TPSA) is 79.4 Å². The van der Waals surface area contributed by atoms with E-state index in [1.54, 1.807) is 24.4 Å². The summed E-state index contributed by atoms with van der Waals surface area (Å²) >= 11 is 0. The third kappa shape index (κ3) is 4.89. The number of likely N-dealkylation sites (N-methyl/N-ethyl adjacent to an activating group) is 1. The van der Waals surface area contributed by atoms with Gasteiger partial charge in [0.1, 0.15) is 5.82 Å². The van der Waals surface area contributed by atoms with Crippen molar-refractivity contribution in [2.45, 2.75) is 38.0 Å². The number of amides is 1. The van der Waals surface area contributed by atoms with E-state index in [0.717, 1.165) is 21.9 Å². The molecule has 2 aromatic rings. The highest BCUT2D eigenvalue weighted by atomic mass is 32.2. The van der Waals surface area contributed by atoms with Gasteiger partial charge in [-0.25, -0.2) is 13.4 Å². The van der Waals surface area contributed by atoms with Crippen molar-refractivity contribution in [2.75, 3.05) is 18.9 Å². The first-order valence-electron chi connectivity index (χ1n) is 8.53. The number of benzene rings is 1. The lowest BCUT2D eigenvalue weighted by molar-refractivity contribution is -0.116. The van der Waals surface area contributed by atoms with Crippen LogP contribution in [-0.2, 0) is 14.8 Å². The Balaban J connectivity index is 2.05. The molecule has 1 aromatic carbocycles. The molecule has 6 nitrogen and oxygen atoms in total. The number of pyridine rings is 1. The van der Waals surface area contributed by atoms with E-state index in [9.17, 15) is 13.2 Å². The van der Waals surface area contributed by atoms with Crippen molar-refractivity contribution in [1.82, 2.24) is 9.29 Å². The molecule has 0 saturated heterocycles. The van der Waals surface area contributed by atoms with E-state index in [-0.39, 0.29) is 11.4 Å². The fourth-order valence-corrected chi connectivity index (χ4v) is 3.52. The summed E-state index contributed by atoms with van der Waals surface area (Å²) in [6.45, 7) is 5.79.